The monoisotopic (exact) mass is 368 g/mol. The number of unbranched alkanes of at least 4 members (excludes halogenated alkanes) is 15. The molecule has 0 bridgehead atoms. The van der Waals surface area contributed by atoms with E-state index in [4.69, 9.17) is 5.11 Å². The lowest BCUT2D eigenvalue weighted by Crippen LogP contribution is -2.08. The van der Waals surface area contributed by atoms with Gasteiger partial charge in [0, 0.05) is 6.42 Å². The number of carbonyl (C=O) groups is 1. The van der Waals surface area contributed by atoms with Gasteiger partial charge in [-0.2, -0.15) is 0 Å². The highest BCUT2D eigenvalue weighted by atomic mass is 16.4. The Labute approximate surface area is 164 Å². The maximum Gasteiger partial charge on any atom is 0.303 e. The summed E-state index contributed by atoms with van der Waals surface area (Å²) in [5.41, 5.74) is 0. The summed E-state index contributed by atoms with van der Waals surface area (Å²) in [6.45, 7) is 4.52. The summed E-state index contributed by atoms with van der Waals surface area (Å²) in [6, 6.07) is 0. The number of aliphatic carboxylic acids is 1. The Morgan fingerprint density at radius 3 is 1.19 bits per heavy atom. The van der Waals surface area contributed by atoms with Crippen LogP contribution in [0, 0.1) is 5.92 Å². The average molecular weight is 369 g/mol. The van der Waals surface area contributed by atoms with Crippen LogP contribution in [0.2, 0.25) is 0 Å². The second-order valence-corrected chi connectivity index (χ2v) is 8.34. The van der Waals surface area contributed by atoms with Crippen molar-refractivity contribution in [1.29, 1.82) is 0 Å². The smallest absolute Gasteiger partial charge is 0.303 e. The molecule has 0 spiro atoms. The third-order valence-electron chi connectivity index (χ3n) is 5.65. The van der Waals surface area contributed by atoms with Crippen LogP contribution >= 0.6 is 0 Å². The zero-order chi connectivity index (χ0) is 19.3. The van der Waals surface area contributed by atoms with Gasteiger partial charge in [-0.3, -0.25) is 4.79 Å². The first-order valence-corrected chi connectivity index (χ1v) is 11.9. The summed E-state index contributed by atoms with van der Waals surface area (Å²) < 4.78 is 0. The Balaban J connectivity index is 3.57. The fourth-order valence-corrected chi connectivity index (χ4v) is 3.91. The van der Waals surface area contributed by atoms with E-state index >= 15 is 0 Å². The van der Waals surface area contributed by atoms with E-state index in [1.165, 1.54) is 109 Å². The second-order valence-electron chi connectivity index (χ2n) is 8.34. The van der Waals surface area contributed by atoms with E-state index < -0.39 is 5.97 Å². The molecule has 0 saturated heterocycles. The Morgan fingerprint density at radius 1 is 0.577 bits per heavy atom. The summed E-state index contributed by atoms with van der Waals surface area (Å²) in [4.78, 5) is 11.1. The average Bonchev–Trinajstić information content (AvgIpc) is 2.61. The first-order valence-electron chi connectivity index (χ1n) is 11.9. The molecule has 0 heterocycles. The van der Waals surface area contributed by atoms with Gasteiger partial charge in [-0.05, 0) is 18.8 Å². The van der Waals surface area contributed by atoms with Gasteiger partial charge in [0.1, 0.15) is 0 Å². The third kappa shape index (κ3) is 19.8. The molecule has 156 valence electrons. The van der Waals surface area contributed by atoms with Gasteiger partial charge in [-0.25, -0.2) is 0 Å². The van der Waals surface area contributed by atoms with Crippen LogP contribution in [0.3, 0.4) is 0 Å². The quantitative estimate of drug-likeness (QED) is 0.206. The SMILES string of the molecule is CCCCCCCCCCCC[C@H](CCCCCCCCC)CC(=O)O. The van der Waals surface area contributed by atoms with Crippen LogP contribution in [0.4, 0.5) is 0 Å². The van der Waals surface area contributed by atoms with Crippen molar-refractivity contribution in [2.24, 2.45) is 5.92 Å². The number of hydrogen-bond acceptors (Lipinski definition) is 1. The molecule has 0 unspecified atom stereocenters. The molecule has 1 atom stereocenters. The van der Waals surface area contributed by atoms with Gasteiger partial charge in [-0.15, -0.1) is 0 Å². The molecule has 0 aliphatic carbocycles. The first kappa shape index (κ1) is 25.5. The maximum atomic E-state index is 11.1. The summed E-state index contributed by atoms with van der Waals surface area (Å²) in [5.74, 6) is -0.192. The number of rotatable bonds is 21. The van der Waals surface area contributed by atoms with Crippen molar-refractivity contribution in [3.05, 3.63) is 0 Å². The first-order chi connectivity index (χ1) is 12.7. The molecule has 0 aliphatic rings. The zero-order valence-corrected chi connectivity index (χ0v) is 18.1. The van der Waals surface area contributed by atoms with E-state index in [1.54, 1.807) is 0 Å². The van der Waals surface area contributed by atoms with Crippen molar-refractivity contribution in [2.75, 3.05) is 0 Å². The van der Waals surface area contributed by atoms with E-state index in [9.17, 15) is 4.79 Å². The number of carboxylic acid groups (broad SMARTS) is 1. The molecule has 0 rings (SSSR count). The molecule has 0 aromatic carbocycles. The van der Waals surface area contributed by atoms with E-state index in [0.717, 1.165) is 12.8 Å². The molecular formula is C24H48O2. The minimum absolute atomic E-state index is 0.382. The summed E-state index contributed by atoms with van der Waals surface area (Å²) >= 11 is 0. The van der Waals surface area contributed by atoms with E-state index in [2.05, 4.69) is 13.8 Å². The Hall–Kier alpha value is -0.530. The second kappa shape index (κ2) is 20.8. The molecule has 0 fully saturated rings. The van der Waals surface area contributed by atoms with Crippen LogP contribution in [-0.4, -0.2) is 11.1 Å². The van der Waals surface area contributed by atoms with Gasteiger partial charge in [0.15, 0.2) is 0 Å². The molecule has 0 radical (unpaired) electrons. The molecule has 26 heavy (non-hydrogen) atoms. The van der Waals surface area contributed by atoms with Gasteiger partial charge in [0.05, 0.1) is 0 Å². The Morgan fingerprint density at radius 2 is 0.885 bits per heavy atom. The highest BCUT2D eigenvalue weighted by Gasteiger charge is 2.12. The van der Waals surface area contributed by atoms with Gasteiger partial charge in [0.2, 0.25) is 0 Å². The van der Waals surface area contributed by atoms with Crippen molar-refractivity contribution in [3.63, 3.8) is 0 Å². The van der Waals surface area contributed by atoms with E-state index in [0.29, 0.717) is 12.3 Å². The highest BCUT2D eigenvalue weighted by Crippen LogP contribution is 2.22. The lowest BCUT2D eigenvalue weighted by molar-refractivity contribution is -0.138. The Kier molecular flexibility index (Phi) is 20.4. The lowest BCUT2D eigenvalue weighted by atomic mass is 9.91. The van der Waals surface area contributed by atoms with Gasteiger partial charge in [-0.1, -0.05) is 123 Å². The predicted molar refractivity (Wildman–Crippen MR) is 115 cm³/mol. The molecule has 0 aromatic rings. The minimum atomic E-state index is -0.606. The largest absolute Gasteiger partial charge is 0.481 e. The van der Waals surface area contributed by atoms with Crippen molar-refractivity contribution in [1.82, 2.24) is 0 Å². The standard InChI is InChI=1S/C24H48O2/c1-3-5-7-9-11-12-13-15-17-19-21-23(22-24(25)26)20-18-16-14-10-8-6-4-2/h23H,3-22H2,1-2H3,(H,25,26)/t23-/m0/s1. The van der Waals surface area contributed by atoms with Crippen molar-refractivity contribution < 1.29 is 9.90 Å². The summed E-state index contributed by atoms with van der Waals surface area (Å²) in [7, 11) is 0. The molecule has 2 nitrogen and oxygen atoms in total. The fraction of sp³-hybridized carbons (Fsp3) is 0.958. The minimum Gasteiger partial charge on any atom is -0.481 e. The molecule has 2 heteroatoms. The van der Waals surface area contributed by atoms with Crippen molar-refractivity contribution in [3.8, 4) is 0 Å². The van der Waals surface area contributed by atoms with Crippen molar-refractivity contribution in [2.45, 2.75) is 142 Å². The van der Waals surface area contributed by atoms with Crippen LogP contribution < -0.4 is 0 Å². The van der Waals surface area contributed by atoms with Crippen molar-refractivity contribution >= 4 is 5.97 Å². The Bertz CT molecular complexity index is 288. The van der Waals surface area contributed by atoms with Crippen LogP contribution in [0.25, 0.3) is 0 Å². The molecular weight excluding hydrogens is 320 g/mol. The third-order valence-corrected chi connectivity index (χ3v) is 5.65. The maximum absolute atomic E-state index is 11.1. The molecule has 1 N–H and O–H groups in total. The molecule has 0 amide bonds. The predicted octanol–water partition coefficient (Wildman–Crippen LogP) is 8.53. The van der Waals surface area contributed by atoms with Gasteiger partial charge >= 0.3 is 5.97 Å². The topological polar surface area (TPSA) is 37.3 Å². The number of hydrogen-bond donors (Lipinski definition) is 1. The normalized spacial score (nSPS) is 12.4. The van der Waals surface area contributed by atoms with Gasteiger partial charge < -0.3 is 5.11 Å². The zero-order valence-electron chi connectivity index (χ0n) is 18.1. The van der Waals surface area contributed by atoms with Crippen LogP contribution in [0.15, 0.2) is 0 Å². The van der Waals surface area contributed by atoms with Gasteiger partial charge in [0.25, 0.3) is 0 Å². The van der Waals surface area contributed by atoms with E-state index in [1.807, 2.05) is 0 Å². The summed E-state index contributed by atoms with van der Waals surface area (Å²) in [5, 5.41) is 9.15. The lowest BCUT2D eigenvalue weighted by Gasteiger charge is -2.14. The van der Waals surface area contributed by atoms with E-state index in [-0.39, 0.29) is 0 Å². The number of carboxylic acids is 1. The van der Waals surface area contributed by atoms with Crippen LogP contribution in [-0.2, 0) is 4.79 Å². The van der Waals surface area contributed by atoms with Crippen LogP contribution in [0.5, 0.6) is 0 Å². The highest BCUT2D eigenvalue weighted by molar-refractivity contribution is 5.66. The summed E-state index contributed by atoms with van der Waals surface area (Å²) in [6.07, 6.45) is 25.4. The molecule has 0 saturated carbocycles. The fourth-order valence-electron chi connectivity index (χ4n) is 3.91. The molecule has 0 aliphatic heterocycles. The van der Waals surface area contributed by atoms with Crippen LogP contribution in [0.1, 0.15) is 142 Å². The molecule has 0 aromatic heterocycles.